The Morgan fingerprint density at radius 2 is 2.14 bits per heavy atom. The predicted octanol–water partition coefficient (Wildman–Crippen LogP) is 4.06. The molecule has 3 rings (SSSR count). The molecule has 21 heavy (non-hydrogen) atoms. The minimum absolute atomic E-state index is 0.0743. The molecule has 2 aromatic rings. The quantitative estimate of drug-likeness (QED) is 0.905. The Kier molecular flexibility index (Phi) is 4.17. The molecule has 0 aliphatic carbocycles. The Labute approximate surface area is 132 Å². The van der Waals surface area contributed by atoms with Crippen molar-refractivity contribution in [3.8, 4) is 11.5 Å². The Hall–Kier alpha value is -1.52. The van der Waals surface area contributed by atoms with E-state index in [0.717, 1.165) is 27.1 Å². The van der Waals surface area contributed by atoms with Gasteiger partial charge in [0.25, 0.3) is 0 Å². The van der Waals surface area contributed by atoms with Gasteiger partial charge in [-0.25, -0.2) is 0 Å². The molecule has 1 aliphatic heterocycles. The Morgan fingerprint density at radius 1 is 1.33 bits per heavy atom. The summed E-state index contributed by atoms with van der Waals surface area (Å²) in [6.45, 7) is 2.99. The third-order valence-corrected chi connectivity index (χ3v) is 4.20. The van der Waals surface area contributed by atoms with E-state index < -0.39 is 6.10 Å². The summed E-state index contributed by atoms with van der Waals surface area (Å²) in [6, 6.07) is 13.6. The normalized spacial score (nSPS) is 18.0. The van der Waals surface area contributed by atoms with Crippen molar-refractivity contribution in [3.05, 3.63) is 58.1 Å². The number of ether oxygens (including phenoxy) is 2. The van der Waals surface area contributed by atoms with Crippen molar-refractivity contribution < 1.29 is 14.6 Å². The summed E-state index contributed by atoms with van der Waals surface area (Å²) in [5.41, 5.74) is 1.84. The molecular weight excluding hydrogens is 332 g/mol. The fourth-order valence-corrected chi connectivity index (χ4v) is 3.08. The van der Waals surface area contributed by atoms with E-state index in [1.165, 1.54) is 0 Å². The van der Waals surface area contributed by atoms with Crippen LogP contribution in [0.1, 0.15) is 30.1 Å². The van der Waals surface area contributed by atoms with E-state index >= 15 is 0 Å². The van der Waals surface area contributed by atoms with Crippen molar-refractivity contribution in [2.75, 3.05) is 13.2 Å². The number of benzene rings is 2. The van der Waals surface area contributed by atoms with Crippen LogP contribution in [0.4, 0.5) is 0 Å². The zero-order valence-electron chi connectivity index (χ0n) is 11.8. The van der Waals surface area contributed by atoms with Gasteiger partial charge < -0.3 is 14.6 Å². The fraction of sp³-hybridized carbons (Fsp3) is 0.294. The molecular formula is C17H17BrO3. The lowest BCUT2D eigenvalue weighted by Crippen LogP contribution is -2.13. The highest BCUT2D eigenvalue weighted by atomic mass is 79.9. The zero-order valence-corrected chi connectivity index (χ0v) is 13.3. The van der Waals surface area contributed by atoms with Gasteiger partial charge in [-0.2, -0.15) is 0 Å². The molecule has 0 spiro atoms. The molecule has 2 aromatic carbocycles. The van der Waals surface area contributed by atoms with Gasteiger partial charge in [0.2, 0.25) is 0 Å². The highest BCUT2D eigenvalue weighted by molar-refractivity contribution is 9.10. The second-order valence-corrected chi connectivity index (χ2v) is 5.93. The molecule has 1 aliphatic rings. The monoisotopic (exact) mass is 348 g/mol. The number of fused-ring (bicyclic) bond motifs is 1. The highest BCUT2D eigenvalue weighted by Crippen LogP contribution is 2.43. The van der Waals surface area contributed by atoms with Crippen LogP contribution in [0.2, 0.25) is 0 Å². The maximum atomic E-state index is 10.8. The third kappa shape index (κ3) is 2.78. The predicted molar refractivity (Wildman–Crippen MR) is 84.9 cm³/mol. The first-order valence-electron chi connectivity index (χ1n) is 7.02. The number of para-hydroxylation sites is 1. The van der Waals surface area contributed by atoms with Gasteiger partial charge in [0.15, 0.2) is 0 Å². The second kappa shape index (κ2) is 6.08. The van der Waals surface area contributed by atoms with E-state index in [9.17, 15) is 5.11 Å². The maximum absolute atomic E-state index is 10.8. The third-order valence-electron chi connectivity index (χ3n) is 3.71. The number of aliphatic hydroxyl groups is 1. The summed E-state index contributed by atoms with van der Waals surface area (Å²) in [7, 11) is 0. The van der Waals surface area contributed by atoms with Crippen molar-refractivity contribution in [3.63, 3.8) is 0 Å². The van der Waals surface area contributed by atoms with E-state index in [-0.39, 0.29) is 5.92 Å². The Bertz CT molecular complexity index is 642. The van der Waals surface area contributed by atoms with Crippen molar-refractivity contribution in [2.45, 2.75) is 18.9 Å². The molecule has 110 valence electrons. The van der Waals surface area contributed by atoms with E-state index in [1.807, 2.05) is 49.4 Å². The van der Waals surface area contributed by atoms with Crippen LogP contribution < -0.4 is 9.47 Å². The number of halogens is 1. The molecule has 0 saturated heterocycles. The van der Waals surface area contributed by atoms with Crippen molar-refractivity contribution in [1.82, 2.24) is 0 Å². The molecule has 1 N–H and O–H groups in total. The Morgan fingerprint density at radius 3 is 2.95 bits per heavy atom. The summed E-state index contributed by atoms with van der Waals surface area (Å²) >= 11 is 3.46. The number of hydrogen-bond acceptors (Lipinski definition) is 3. The van der Waals surface area contributed by atoms with Crippen molar-refractivity contribution in [1.29, 1.82) is 0 Å². The van der Waals surface area contributed by atoms with E-state index in [4.69, 9.17) is 9.47 Å². The summed E-state index contributed by atoms with van der Waals surface area (Å²) < 4.78 is 12.2. The minimum Gasteiger partial charge on any atom is -0.493 e. The molecule has 1 heterocycles. The van der Waals surface area contributed by atoms with E-state index in [0.29, 0.717) is 13.2 Å². The summed E-state index contributed by atoms with van der Waals surface area (Å²) in [5, 5.41) is 10.8. The lowest BCUT2D eigenvalue weighted by Gasteiger charge is -2.20. The fourth-order valence-electron chi connectivity index (χ4n) is 2.70. The largest absolute Gasteiger partial charge is 0.493 e. The molecule has 0 radical (unpaired) electrons. The van der Waals surface area contributed by atoms with Crippen LogP contribution in [0.5, 0.6) is 11.5 Å². The van der Waals surface area contributed by atoms with Gasteiger partial charge in [-0.3, -0.25) is 0 Å². The molecule has 0 aromatic heterocycles. The number of hydrogen-bond donors (Lipinski definition) is 1. The zero-order chi connectivity index (χ0) is 14.8. The van der Waals surface area contributed by atoms with Crippen LogP contribution in [-0.4, -0.2) is 18.3 Å². The first-order chi connectivity index (χ1) is 10.2. The van der Waals surface area contributed by atoms with Crippen LogP contribution in [0, 0.1) is 0 Å². The molecule has 4 heteroatoms. The van der Waals surface area contributed by atoms with Crippen LogP contribution in [0.25, 0.3) is 0 Å². The van der Waals surface area contributed by atoms with Gasteiger partial charge in [-0.15, -0.1) is 0 Å². The number of rotatable bonds is 4. The average molecular weight is 349 g/mol. The van der Waals surface area contributed by atoms with Crippen LogP contribution >= 0.6 is 15.9 Å². The van der Waals surface area contributed by atoms with Crippen molar-refractivity contribution in [2.24, 2.45) is 0 Å². The lowest BCUT2D eigenvalue weighted by atomic mass is 9.90. The molecule has 2 unspecified atom stereocenters. The summed E-state index contributed by atoms with van der Waals surface area (Å²) in [6.07, 6.45) is -0.660. The van der Waals surface area contributed by atoms with Crippen LogP contribution in [-0.2, 0) is 0 Å². The van der Waals surface area contributed by atoms with E-state index in [1.54, 1.807) is 0 Å². The smallest absolute Gasteiger partial charge is 0.125 e. The number of aliphatic hydroxyl groups excluding tert-OH is 1. The summed E-state index contributed by atoms with van der Waals surface area (Å²) in [4.78, 5) is 0. The van der Waals surface area contributed by atoms with Gasteiger partial charge in [-0.05, 0) is 31.2 Å². The summed E-state index contributed by atoms with van der Waals surface area (Å²) in [5.74, 6) is 1.50. The topological polar surface area (TPSA) is 38.7 Å². The first kappa shape index (κ1) is 14.4. The van der Waals surface area contributed by atoms with E-state index in [2.05, 4.69) is 15.9 Å². The van der Waals surface area contributed by atoms with Gasteiger partial charge >= 0.3 is 0 Å². The van der Waals surface area contributed by atoms with Gasteiger partial charge in [0.1, 0.15) is 11.5 Å². The molecule has 0 bridgehead atoms. The van der Waals surface area contributed by atoms with Crippen LogP contribution in [0.15, 0.2) is 46.9 Å². The average Bonchev–Trinajstić information content (AvgIpc) is 2.92. The molecule has 3 nitrogen and oxygen atoms in total. The molecule has 0 fully saturated rings. The Balaban J connectivity index is 1.96. The highest BCUT2D eigenvalue weighted by Gasteiger charge is 2.32. The molecule has 0 amide bonds. The van der Waals surface area contributed by atoms with Gasteiger partial charge in [0.05, 0.1) is 25.2 Å². The first-order valence-corrected chi connectivity index (χ1v) is 7.82. The van der Waals surface area contributed by atoms with Gasteiger partial charge in [-0.1, -0.05) is 34.1 Å². The van der Waals surface area contributed by atoms with Gasteiger partial charge in [0, 0.05) is 15.6 Å². The lowest BCUT2D eigenvalue weighted by molar-refractivity contribution is 0.126. The van der Waals surface area contributed by atoms with Crippen LogP contribution in [0.3, 0.4) is 0 Å². The molecule has 2 atom stereocenters. The standard InChI is InChI=1S/C17H17BrO3/c1-2-20-16-8-7-11(18)9-13(16)17(19)14-10-21-15-6-4-3-5-12(14)15/h3-9,14,17,19H,2,10H2,1H3. The molecule has 0 saturated carbocycles. The second-order valence-electron chi connectivity index (χ2n) is 5.02. The maximum Gasteiger partial charge on any atom is 0.125 e. The van der Waals surface area contributed by atoms with Crippen molar-refractivity contribution >= 4 is 15.9 Å². The minimum atomic E-state index is -0.660. The SMILES string of the molecule is CCOc1ccc(Br)cc1C(O)C1COc2ccccc21.